The third kappa shape index (κ3) is 8.37. The van der Waals surface area contributed by atoms with E-state index in [0.29, 0.717) is 11.6 Å². The molecule has 0 aliphatic rings. The van der Waals surface area contributed by atoms with E-state index in [2.05, 4.69) is 5.32 Å². The van der Waals surface area contributed by atoms with Crippen molar-refractivity contribution < 1.29 is 14.6 Å². The monoisotopic (exact) mass is 403 g/mol. The zero-order chi connectivity index (χ0) is 17.6. The number of aliphatic hydroxyl groups excluding tert-OH is 1. The molecule has 0 aromatic heterocycles. The molecule has 0 bridgehead atoms. The summed E-state index contributed by atoms with van der Waals surface area (Å²) in [6.07, 6.45) is -0.894. The number of aliphatic hydroxyl groups is 1. The van der Waals surface area contributed by atoms with Gasteiger partial charge in [0, 0.05) is 24.3 Å². The fourth-order valence-electron chi connectivity index (χ4n) is 2.42. The van der Waals surface area contributed by atoms with Crippen LogP contribution >= 0.6 is 31.4 Å². The maximum atomic E-state index is 12.3. The molecule has 0 saturated heterocycles. The highest BCUT2D eigenvalue weighted by Crippen LogP contribution is 2.44. The van der Waals surface area contributed by atoms with E-state index >= 15 is 0 Å². The highest BCUT2D eigenvalue weighted by atomic mass is 35.5. The molecule has 0 spiro atoms. The van der Waals surface area contributed by atoms with Gasteiger partial charge in [0.05, 0.1) is 12.3 Å². The van der Waals surface area contributed by atoms with Gasteiger partial charge in [0.1, 0.15) is 0 Å². The number of hydrogen-bond acceptors (Lipinski definition) is 3. The van der Waals surface area contributed by atoms with Gasteiger partial charge in [-0.1, -0.05) is 53.6 Å². The summed E-state index contributed by atoms with van der Waals surface area (Å²) in [7, 11) is -3.41. The Labute approximate surface area is 160 Å². The molecule has 3 N–H and O–H groups in total. The fourth-order valence-corrected chi connectivity index (χ4v) is 4.25. The van der Waals surface area contributed by atoms with E-state index in [0.717, 1.165) is 16.7 Å². The molecule has 0 heterocycles. The van der Waals surface area contributed by atoms with Crippen LogP contribution in [0.4, 0.5) is 0 Å². The van der Waals surface area contributed by atoms with E-state index in [9.17, 15) is 14.6 Å². The first kappa shape index (κ1) is 22.2. The second-order valence-electron chi connectivity index (χ2n) is 6.08. The zero-order valence-electron chi connectivity index (χ0n) is 14.1. The van der Waals surface area contributed by atoms with Crippen LogP contribution in [-0.4, -0.2) is 28.8 Å². The van der Waals surface area contributed by atoms with Crippen molar-refractivity contribution in [2.75, 3.05) is 12.7 Å². The number of benzene rings is 2. The van der Waals surface area contributed by atoms with Crippen LogP contribution in [0.25, 0.3) is 0 Å². The van der Waals surface area contributed by atoms with Gasteiger partial charge in [-0.05, 0) is 30.2 Å². The van der Waals surface area contributed by atoms with Crippen molar-refractivity contribution in [1.29, 1.82) is 0 Å². The van der Waals surface area contributed by atoms with Crippen LogP contribution in [-0.2, 0) is 17.3 Å². The third-order valence-corrected chi connectivity index (χ3v) is 5.77. The Kier molecular flexibility index (Phi) is 9.15. The quantitative estimate of drug-likeness (QED) is 0.582. The lowest BCUT2D eigenvalue weighted by molar-refractivity contribution is 0.190. The van der Waals surface area contributed by atoms with Crippen LogP contribution in [0, 0.1) is 6.92 Å². The maximum absolute atomic E-state index is 12.3. The maximum Gasteiger partial charge on any atom is 0.207 e. The first-order valence-corrected chi connectivity index (χ1v) is 10.2. The van der Waals surface area contributed by atoms with Crippen LogP contribution in [0.2, 0.25) is 5.02 Å². The first-order valence-electron chi connectivity index (χ1n) is 7.84. The Balaban J connectivity index is 0.00000312. The standard InChI is InChI=1S/C18H23ClNO3P.ClH/c1-14-2-4-16(5-3-14)12-24(22,23)13-18(21)11-20-10-15-6-8-17(19)9-7-15;/h2-9,18,20-21H,10-13H2,1H3,(H,22,23);1H. The summed E-state index contributed by atoms with van der Waals surface area (Å²) in [6.45, 7) is 2.81. The molecule has 0 saturated carbocycles. The molecule has 2 rings (SSSR count). The SMILES string of the molecule is Cc1ccc(CP(=O)(O)CC(O)CNCc2ccc(Cl)cc2)cc1.Cl. The van der Waals surface area contributed by atoms with Crippen molar-refractivity contribution >= 4 is 31.4 Å². The van der Waals surface area contributed by atoms with E-state index in [4.69, 9.17) is 11.6 Å². The van der Waals surface area contributed by atoms with E-state index in [1.807, 2.05) is 43.3 Å². The number of hydrogen-bond donors (Lipinski definition) is 3. The van der Waals surface area contributed by atoms with Crippen molar-refractivity contribution in [1.82, 2.24) is 5.32 Å². The van der Waals surface area contributed by atoms with E-state index in [1.165, 1.54) is 0 Å². The minimum Gasteiger partial charge on any atom is -0.391 e. The van der Waals surface area contributed by atoms with E-state index in [1.54, 1.807) is 12.1 Å². The van der Waals surface area contributed by atoms with E-state index in [-0.39, 0.29) is 31.3 Å². The lowest BCUT2D eigenvalue weighted by Gasteiger charge is -2.17. The molecule has 0 radical (unpaired) electrons. The van der Waals surface area contributed by atoms with Gasteiger partial charge < -0.3 is 15.3 Å². The number of halogens is 2. The highest BCUT2D eigenvalue weighted by molar-refractivity contribution is 7.57. The van der Waals surface area contributed by atoms with Crippen LogP contribution in [0.3, 0.4) is 0 Å². The summed E-state index contributed by atoms with van der Waals surface area (Å²) in [6, 6.07) is 14.9. The van der Waals surface area contributed by atoms with Crippen LogP contribution in [0.5, 0.6) is 0 Å². The Hall–Kier alpha value is -0.870. The van der Waals surface area contributed by atoms with E-state index < -0.39 is 13.5 Å². The molecule has 0 fully saturated rings. The molecule has 7 heteroatoms. The summed E-state index contributed by atoms with van der Waals surface area (Å²) in [4.78, 5) is 10.1. The largest absolute Gasteiger partial charge is 0.391 e. The molecule has 4 nitrogen and oxygen atoms in total. The van der Waals surface area contributed by atoms with Gasteiger partial charge in [0.15, 0.2) is 0 Å². The molecular formula is C18H24Cl2NO3P. The normalized spacial score (nSPS) is 14.4. The summed E-state index contributed by atoms with van der Waals surface area (Å²) in [5.74, 6) is 0. The summed E-state index contributed by atoms with van der Waals surface area (Å²) >= 11 is 5.82. The van der Waals surface area contributed by atoms with Gasteiger partial charge in [-0.3, -0.25) is 4.57 Å². The summed E-state index contributed by atoms with van der Waals surface area (Å²) < 4.78 is 12.3. The molecule has 0 amide bonds. The lowest BCUT2D eigenvalue weighted by atomic mass is 10.2. The first-order chi connectivity index (χ1) is 11.3. The van der Waals surface area contributed by atoms with Gasteiger partial charge in [-0.15, -0.1) is 12.4 Å². The van der Waals surface area contributed by atoms with Gasteiger partial charge in [-0.25, -0.2) is 0 Å². The molecule has 2 atom stereocenters. The summed E-state index contributed by atoms with van der Waals surface area (Å²) in [5.41, 5.74) is 2.96. The minimum absolute atomic E-state index is 0. The fraction of sp³-hybridized carbons (Fsp3) is 0.333. The molecule has 0 aliphatic carbocycles. The van der Waals surface area contributed by atoms with Crippen molar-refractivity contribution in [3.8, 4) is 0 Å². The van der Waals surface area contributed by atoms with Crippen molar-refractivity contribution in [3.63, 3.8) is 0 Å². The molecule has 25 heavy (non-hydrogen) atoms. The number of rotatable bonds is 8. The zero-order valence-corrected chi connectivity index (χ0v) is 16.5. The second-order valence-corrected chi connectivity index (χ2v) is 8.89. The predicted octanol–water partition coefficient (Wildman–Crippen LogP) is 3.99. The molecule has 2 unspecified atom stereocenters. The predicted molar refractivity (Wildman–Crippen MR) is 106 cm³/mol. The number of nitrogens with one attached hydrogen (secondary N) is 1. The smallest absolute Gasteiger partial charge is 0.207 e. The van der Waals surface area contributed by atoms with Gasteiger partial charge >= 0.3 is 0 Å². The minimum atomic E-state index is -3.41. The van der Waals surface area contributed by atoms with Crippen molar-refractivity contribution in [2.45, 2.75) is 25.7 Å². The van der Waals surface area contributed by atoms with Gasteiger partial charge in [0.2, 0.25) is 7.37 Å². The Morgan fingerprint density at radius 2 is 1.64 bits per heavy atom. The molecular weight excluding hydrogens is 380 g/mol. The Morgan fingerprint density at radius 3 is 2.24 bits per heavy atom. The third-order valence-electron chi connectivity index (χ3n) is 3.67. The van der Waals surface area contributed by atoms with Crippen molar-refractivity contribution in [2.24, 2.45) is 0 Å². The molecule has 2 aromatic rings. The average molecular weight is 404 g/mol. The topological polar surface area (TPSA) is 69.6 Å². The van der Waals surface area contributed by atoms with Crippen LogP contribution < -0.4 is 5.32 Å². The average Bonchev–Trinajstić information content (AvgIpc) is 2.51. The lowest BCUT2D eigenvalue weighted by Crippen LogP contribution is -2.29. The molecule has 0 aliphatic heterocycles. The summed E-state index contributed by atoms with van der Waals surface area (Å²) in [5, 5.41) is 13.8. The van der Waals surface area contributed by atoms with Crippen LogP contribution in [0.15, 0.2) is 48.5 Å². The number of aryl methyl sites for hydroxylation is 1. The van der Waals surface area contributed by atoms with Gasteiger partial charge in [-0.2, -0.15) is 0 Å². The Bertz CT molecular complexity index is 692. The van der Waals surface area contributed by atoms with Crippen LogP contribution in [0.1, 0.15) is 16.7 Å². The molecule has 138 valence electrons. The Morgan fingerprint density at radius 1 is 1.08 bits per heavy atom. The molecule has 2 aromatic carbocycles. The van der Waals surface area contributed by atoms with Crippen molar-refractivity contribution in [3.05, 3.63) is 70.2 Å². The highest BCUT2D eigenvalue weighted by Gasteiger charge is 2.23. The van der Waals surface area contributed by atoms with Gasteiger partial charge in [0.25, 0.3) is 0 Å². The second kappa shape index (κ2) is 10.3.